The van der Waals surface area contributed by atoms with E-state index in [1.807, 2.05) is 36.4 Å². The fourth-order valence-electron chi connectivity index (χ4n) is 1.95. The number of para-hydroxylation sites is 1. The summed E-state index contributed by atoms with van der Waals surface area (Å²) in [5.41, 5.74) is 7.61. The van der Waals surface area contributed by atoms with E-state index >= 15 is 0 Å². The summed E-state index contributed by atoms with van der Waals surface area (Å²) in [4.78, 5) is 13.7. The highest BCUT2D eigenvalue weighted by atomic mass is 79.9. The fraction of sp³-hybridized carbons (Fsp3) is 0.267. The van der Waals surface area contributed by atoms with Gasteiger partial charge >= 0.3 is 0 Å². The summed E-state index contributed by atoms with van der Waals surface area (Å²) in [6, 6.07) is 11.3. The third kappa shape index (κ3) is 3.87. The van der Waals surface area contributed by atoms with Gasteiger partial charge in [0.15, 0.2) is 4.67 Å². The first kappa shape index (κ1) is 14.7. The molecule has 0 unspecified atom stereocenters. The summed E-state index contributed by atoms with van der Waals surface area (Å²) in [6.07, 6.45) is 1.09. The van der Waals surface area contributed by atoms with Crippen molar-refractivity contribution in [3.05, 3.63) is 52.4 Å². The number of nitrogen functional groups attached to an aromatic ring is 1. The van der Waals surface area contributed by atoms with Crippen molar-refractivity contribution in [2.45, 2.75) is 19.4 Å². The molecule has 20 heavy (non-hydrogen) atoms. The van der Waals surface area contributed by atoms with Gasteiger partial charge in [-0.1, -0.05) is 18.2 Å². The van der Waals surface area contributed by atoms with Crippen LogP contribution in [0.1, 0.15) is 17.7 Å². The lowest BCUT2D eigenvalue weighted by Crippen LogP contribution is -2.26. The number of nitrogens with zero attached hydrogens (tertiary/aromatic N) is 1. The van der Waals surface area contributed by atoms with Gasteiger partial charge in [-0.15, -0.1) is 0 Å². The molecule has 1 amide bonds. The second-order valence-electron chi connectivity index (χ2n) is 4.65. The molecular formula is C15H17BrN2O2. The van der Waals surface area contributed by atoms with Crippen LogP contribution in [-0.4, -0.2) is 17.9 Å². The Labute approximate surface area is 126 Å². The molecule has 0 radical (unpaired) electrons. The normalized spacial score (nSPS) is 10.5. The number of carbonyl (C=O) groups is 1. The van der Waals surface area contributed by atoms with Crippen molar-refractivity contribution in [1.29, 1.82) is 0 Å². The van der Waals surface area contributed by atoms with Crippen LogP contribution in [0.15, 0.2) is 45.5 Å². The van der Waals surface area contributed by atoms with E-state index < -0.39 is 0 Å². The summed E-state index contributed by atoms with van der Waals surface area (Å²) in [5, 5.41) is 0. The van der Waals surface area contributed by atoms with Crippen molar-refractivity contribution < 1.29 is 9.21 Å². The van der Waals surface area contributed by atoms with Crippen molar-refractivity contribution in [1.82, 2.24) is 4.90 Å². The molecular weight excluding hydrogens is 320 g/mol. The molecule has 0 saturated carbocycles. The number of nitrogens with two attached hydrogens (primary N) is 1. The second kappa shape index (κ2) is 6.61. The molecule has 0 aliphatic heterocycles. The van der Waals surface area contributed by atoms with Crippen molar-refractivity contribution in [2.24, 2.45) is 0 Å². The largest absolute Gasteiger partial charge is 0.452 e. The number of amides is 1. The number of anilines is 1. The third-order valence-electron chi connectivity index (χ3n) is 3.11. The van der Waals surface area contributed by atoms with Gasteiger partial charge in [-0.2, -0.15) is 0 Å². The summed E-state index contributed by atoms with van der Waals surface area (Å²) < 4.78 is 6.06. The van der Waals surface area contributed by atoms with Crippen molar-refractivity contribution >= 4 is 27.5 Å². The predicted octanol–water partition coefficient (Wildman–Crippen LogP) is 3.22. The summed E-state index contributed by atoms with van der Waals surface area (Å²) in [7, 11) is 1.77. The van der Waals surface area contributed by atoms with E-state index in [2.05, 4.69) is 15.9 Å². The standard InChI is InChI=1S/C15H17BrN2O2/c1-18(10-12-7-8-14(16)20-12)15(19)9-6-11-4-2-3-5-13(11)17/h2-5,7-8H,6,9-10,17H2,1H3. The Balaban J connectivity index is 1.87. The Bertz CT molecular complexity index is 595. The number of furan rings is 1. The van der Waals surface area contributed by atoms with E-state index in [1.165, 1.54) is 0 Å². The number of hydrogen-bond donors (Lipinski definition) is 1. The van der Waals surface area contributed by atoms with Crippen LogP contribution < -0.4 is 5.73 Å². The highest BCUT2D eigenvalue weighted by molar-refractivity contribution is 9.10. The van der Waals surface area contributed by atoms with Crippen LogP contribution >= 0.6 is 15.9 Å². The fourth-order valence-corrected chi connectivity index (χ4v) is 2.29. The molecule has 0 atom stereocenters. The van der Waals surface area contributed by atoms with Crippen LogP contribution in [0.25, 0.3) is 0 Å². The second-order valence-corrected chi connectivity index (χ2v) is 5.44. The van der Waals surface area contributed by atoms with Crippen molar-refractivity contribution in [3.63, 3.8) is 0 Å². The number of aryl methyl sites for hydroxylation is 1. The number of benzene rings is 1. The lowest BCUT2D eigenvalue weighted by molar-refractivity contribution is -0.130. The Morgan fingerprint density at radius 3 is 2.70 bits per heavy atom. The zero-order valence-electron chi connectivity index (χ0n) is 11.3. The topological polar surface area (TPSA) is 59.5 Å². The Morgan fingerprint density at radius 1 is 1.30 bits per heavy atom. The van der Waals surface area contributed by atoms with Crippen LogP contribution in [-0.2, 0) is 17.8 Å². The Kier molecular flexibility index (Phi) is 4.84. The highest BCUT2D eigenvalue weighted by Crippen LogP contribution is 2.16. The van der Waals surface area contributed by atoms with Gasteiger partial charge < -0.3 is 15.1 Å². The van der Waals surface area contributed by atoms with Gasteiger partial charge in [0, 0.05) is 19.2 Å². The number of rotatable bonds is 5. The van der Waals surface area contributed by atoms with Gasteiger partial charge in [-0.25, -0.2) is 0 Å². The third-order valence-corrected chi connectivity index (χ3v) is 3.54. The van der Waals surface area contributed by atoms with Crippen LogP contribution in [0.4, 0.5) is 5.69 Å². The van der Waals surface area contributed by atoms with Gasteiger partial charge in [0.05, 0.1) is 6.54 Å². The maximum atomic E-state index is 12.1. The molecule has 1 heterocycles. The first-order valence-corrected chi connectivity index (χ1v) is 7.17. The van der Waals surface area contributed by atoms with Crippen LogP contribution in [0.5, 0.6) is 0 Å². The number of hydrogen-bond acceptors (Lipinski definition) is 3. The van der Waals surface area contributed by atoms with Gasteiger partial charge in [-0.3, -0.25) is 4.79 Å². The molecule has 1 aromatic heterocycles. The summed E-state index contributed by atoms with van der Waals surface area (Å²) >= 11 is 3.24. The molecule has 1 aromatic carbocycles. The van der Waals surface area contributed by atoms with Crippen LogP contribution in [0.3, 0.4) is 0 Å². The maximum Gasteiger partial charge on any atom is 0.223 e. The van der Waals surface area contributed by atoms with E-state index in [0.29, 0.717) is 24.1 Å². The van der Waals surface area contributed by atoms with Crippen molar-refractivity contribution in [3.8, 4) is 0 Å². The molecule has 4 nitrogen and oxygen atoms in total. The van der Waals surface area contributed by atoms with E-state index in [1.54, 1.807) is 11.9 Å². The lowest BCUT2D eigenvalue weighted by Gasteiger charge is -2.16. The molecule has 0 saturated heterocycles. The monoisotopic (exact) mass is 336 g/mol. The van der Waals surface area contributed by atoms with E-state index in [-0.39, 0.29) is 5.91 Å². The molecule has 0 spiro atoms. The van der Waals surface area contributed by atoms with Gasteiger partial charge in [0.1, 0.15) is 5.76 Å². The van der Waals surface area contributed by atoms with Gasteiger partial charge in [-0.05, 0) is 46.1 Å². The highest BCUT2D eigenvalue weighted by Gasteiger charge is 2.12. The molecule has 0 aliphatic carbocycles. The minimum absolute atomic E-state index is 0.0702. The smallest absolute Gasteiger partial charge is 0.223 e. The number of halogens is 1. The van der Waals surface area contributed by atoms with Gasteiger partial charge in [0.25, 0.3) is 0 Å². The van der Waals surface area contributed by atoms with Crippen molar-refractivity contribution in [2.75, 3.05) is 12.8 Å². The van der Waals surface area contributed by atoms with E-state index in [4.69, 9.17) is 10.2 Å². The summed E-state index contributed by atoms with van der Waals surface area (Å²) in [6.45, 7) is 0.467. The molecule has 0 aliphatic rings. The predicted molar refractivity (Wildman–Crippen MR) is 82.1 cm³/mol. The van der Waals surface area contributed by atoms with E-state index in [0.717, 1.165) is 17.0 Å². The average molecular weight is 337 g/mol. The summed E-state index contributed by atoms with van der Waals surface area (Å²) in [5.74, 6) is 0.827. The molecule has 2 N–H and O–H groups in total. The molecule has 2 aromatic rings. The molecule has 2 rings (SSSR count). The molecule has 106 valence electrons. The number of carbonyl (C=O) groups excluding carboxylic acids is 1. The Hall–Kier alpha value is -1.75. The minimum Gasteiger partial charge on any atom is -0.452 e. The average Bonchev–Trinajstić information content (AvgIpc) is 2.82. The quantitative estimate of drug-likeness (QED) is 0.853. The Morgan fingerprint density at radius 2 is 2.05 bits per heavy atom. The van der Waals surface area contributed by atoms with E-state index in [9.17, 15) is 4.79 Å². The van der Waals surface area contributed by atoms with Gasteiger partial charge in [0.2, 0.25) is 5.91 Å². The SMILES string of the molecule is CN(Cc1ccc(Br)o1)C(=O)CCc1ccccc1N. The molecule has 0 fully saturated rings. The van der Waals surface area contributed by atoms with Crippen LogP contribution in [0, 0.1) is 0 Å². The first-order valence-electron chi connectivity index (χ1n) is 6.38. The maximum absolute atomic E-state index is 12.1. The molecule has 5 heteroatoms. The van der Waals surface area contributed by atoms with Crippen LogP contribution in [0.2, 0.25) is 0 Å². The zero-order valence-corrected chi connectivity index (χ0v) is 12.9. The molecule has 0 bridgehead atoms. The first-order chi connectivity index (χ1) is 9.56. The minimum atomic E-state index is 0.0702. The lowest BCUT2D eigenvalue weighted by atomic mass is 10.1. The zero-order chi connectivity index (χ0) is 14.5.